The third-order valence-corrected chi connectivity index (χ3v) is 5.28. The molecule has 2 N–H and O–H groups in total. The number of urea groups is 1. The van der Waals surface area contributed by atoms with Crippen LogP contribution in [-0.4, -0.2) is 64.7 Å². The molecule has 1 saturated carbocycles. The highest BCUT2D eigenvalue weighted by atomic mass is 16.5. The molecule has 2 aliphatic rings. The van der Waals surface area contributed by atoms with Gasteiger partial charge in [0.1, 0.15) is 5.75 Å². The highest BCUT2D eigenvalue weighted by molar-refractivity contribution is 5.75. The van der Waals surface area contributed by atoms with E-state index in [4.69, 9.17) is 14.6 Å². The van der Waals surface area contributed by atoms with Crippen molar-refractivity contribution in [3.8, 4) is 5.75 Å². The molecule has 7 heteroatoms. The van der Waals surface area contributed by atoms with E-state index in [2.05, 4.69) is 37.1 Å². The van der Waals surface area contributed by atoms with E-state index >= 15 is 0 Å². The second kappa shape index (κ2) is 10.5. The molecule has 1 atom stereocenters. The summed E-state index contributed by atoms with van der Waals surface area (Å²) in [6.45, 7) is 11.7. The first-order valence-electron chi connectivity index (χ1n) is 10.4. The molecule has 1 heterocycles. The van der Waals surface area contributed by atoms with Crippen LogP contribution < -0.4 is 10.1 Å². The lowest BCUT2D eigenvalue weighted by molar-refractivity contribution is -0.122. The first kappa shape index (κ1) is 23.0. The van der Waals surface area contributed by atoms with Gasteiger partial charge in [-0.2, -0.15) is 0 Å². The topological polar surface area (TPSA) is 82.1 Å². The highest BCUT2D eigenvalue weighted by Gasteiger charge is 2.36. The molecule has 0 radical (unpaired) electrons. The summed E-state index contributed by atoms with van der Waals surface area (Å²) in [5.41, 5.74) is 1.29. The van der Waals surface area contributed by atoms with Gasteiger partial charge >= 0.3 is 6.03 Å². The summed E-state index contributed by atoms with van der Waals surface area (Å²) >= 11 is 0. The summed E-state index contributed by atoms with van der Waals surface area (Å²) in [7, 11) is 0. The molecule has 29 heavy (non-hydrogen) atoms. The maximum absolute atomic E-state index is 12.9. The minimum Gasteiger partial charge on any atom is -0.494 e. The zero-order valence-corrected chi connectivity index (χ0v) is 18.1. The molecule has 1 aliphatic carbocycles. The maximum atomic E-state index is 12.9. The number of benzene rings is 1. The number of carbonyl (C=O) groups excluding carboxylic acids is 1. The largest absolute Gasteiger partial charge is 0.494 e. The van der Waals surface area contributed by atoms with E-state index in [-0.39, 0.29) is 24.1 Å². The Hall–Kier alpha value is -2.28. The van der Waals surface area contributed by atoms with Gasteiger partial charge in [0.25, 0.3) is 6.47 Å². The van der Waals surface area contributed by atoms with Crippen molar-refractivity contribution in [2.24, 2.45) is 0 Å². The number of nitrogens with zero attached hydrogens (tertiary/aromatic N) is 2. The number of hydrogen-bond acceptors (Lipinski definition) is 4. The number of rotatable bonds is 6. The molecule has 3 rings (SSSR count). The van der Waals surface area contributed by atoms with Crippen LogP contribution in [0.25, 0.3) is 0 Å². The normalized spacial score (nSPS) is 19.1. The molecular weight excluding hydrogens is 370 g/mol. The highest BCUT2D eigenvalue weighted by Crippen LogP contribution is 2.29. The predicted molar refractivity (Wildman–Crippen MR) is 113 cm³/mol. The van der Waals surface area contributed by atoms with Gasteiger partial charge < -0.3 is 20.1 Å². The van der Waals surface area contributed by atoms with E-state index in [1.165, 1.54) is 0 Å². The van der Waals surface area contributed by atoms with Gasteiger partial charge in [0.15, 0.2) is 0 Å². The van der Waals surface area contributed by atoms with Crippen LogP contribution in [0.5, 0.6) is 5.75 Å². The summed E-state index contributed by atoms with van der Waals surface area (Å²) in [6, 6.07) is 8.79. The lowest BCUT2D eigenvalue weighted by Crippen LogP contribution is -2.48. The lowest BCUT2D eigenvalue weighted by Gasteiger charge is -2.32. The molecule has 0 aromatic heterocycles. The molecular formula is C22H35N3O4. The third-order valence-electron chi connectivity index (χ3n) is 5.28. The average molecular weight is 406 g/mol. The SMILES string of the molecule is CCOc1cccc(CN(C(=O)NC2CCN(C(C)(C)C)C2)C2CC2)c1.O=CO. The van der Waals surface area contributed by atoms with Crippen molar-refractivity contribution in [3.63, 3.8) is 0 Å². The van der Waals surface area contributed by atoms with Crippen LogP contribution in [0.1, 0.15) is 52.5 Å². The number of carboxylic acid groups (broad SMARTS) is 1. The summed E-state index contributed by atoms with van der Waals surface area (Å²) in [6.07, 6.45) is 3.25. The van der Waals surface area contributed by atoms with Crippen LogP contribution in [0.3, 0.4) is 0 Å². The molecule has 1 aromatic carbocycles. The van der Waals surface area contributed by atoms with Crippen LogP contribution in [0.2, 0.25) is 0 Å². The minimum atomic E-state index is -0.250. The van der Waals surface area contributed by atoms with E-state index in [0.29, 0.717) is 19.2 Å². The van der Waals surface area contributed by atoms with Crippen molar-refractivity contribution in [2.45, 2.75) is 71.1 Å². The quantitative estimate of drug-likeness (QED) is 0.710. The molecule has 1 aromatic rings. The zero-order valence-electron chi connectivity index (χ0n) is 18.1. The first-order valence-corrected chi connectivity index (χ1v) is 10.4. The smallest absolute Gasteiger partial charge is 0.318 e. The average Bonchev–Trinajstić information content (AvgIpc) is 3.38. The number of amides is 2. The van der Waals surface area contributed by atoms with Gasteiger partial charge in [-0.15, -0.1) is 0 Å². The van der Waals surface area contributed by atoms with Gasteiger partial charge in [0, 0.05) is 37.3 Å². The zero-order chi connectivity index (χ0) is 21.4. The van der Waals surface area contributed by atoms with Crippen LogP contribution >= 0.6 is 0 Å². The molecule has 0 bridgehead atoms. The first-order chi connectivity index (χ1) is 13.8. The molecule has 1 aliphatic heterocycles. The minimum absolute atomic E-state index is 0.0788. The number of hydrogen-bond donors (Lipinski definition) is 2. The van der Waals surface area contributed by atoms with Gasteiger partial charge in [-0.1, -0.05) is 12.1 Å². The number of ether oxygens (including phenoxy) is 1. The van der Waals surface area contributed by atoms with Gasteiger partial charge in [-0.05, 0) is 64.7 Å². The lowest BCUT2D eigenvalue weighted by atomic mass is 10.1. The van der Waals surface area contributed by atoms with Crippen molar-refractivity contribution < 1.29 is 19.4 Å². The number of likely N-dealkylation sites (tertiary alicyclic amines) is 1. The Morgan fingerprint density at radius 3 is 2.59 bits per heavy atom. The Balaban J connectivity index is 0.000000941. The van der Waals surface area contributed by atoms with E-state index in [0.717, 1.165) is 43.7 Å². The Bertz CT molecular complexity index is 670. The molecule has 7 nitrogen and oxygen atoms in total. The standard InChI is InChI=1S/C21H33N3O2.CH2O2/c1-5-26-19-8-6-7-16(13-19)14-24(18-9-10-18)20(25)22-17-11-12-23(15-17)21(2,3)4;2-1-3/h6-8,13,17-18H,5,9-12,14-15H2,1-4H3,(H,22,25);1H,(H,2,3). The summed E-state index contributed by atoms with van der Waals surface area (Å²) in [5.74, 6) is 0.873. The van der Waals surface area contributed by atoms with Crippen molar-refractivity contribution in [1.82, 2.24) is 15.1 Å². The monoisotopic (exact) mass is 405 g/mol. The van der Waals surface area contributed by atoms with Crippen LogP contribution in [0.15, 0.2) is 24.3 Å². The van der Waals surface area contributed by atoms with Crippen molar-refractivity contribution >= 4 is 12.5 Å². The molecule has 1 unspecified atom stereocenters. The van der Waals surface area contributed by atoms with Crippen LogP contribution in [0.4, 0.5) is 4.79 Å². The molecule has 2 fully saturated rings. The van der Waals surface area contributed by atoms with E-state index in [9.17, 15) is 4.79 Å². The Kier molecular flexibility index (Phi) is 8.32. The number of nitrogens with one attached hydrogen (secondary N) is 1. The molecule has 162 valence electrons. The fraction of sp³-hybridized carbons (Fsp3) is 0.636. The fourth-order valence-electron chi connectivity index (χ4n) is 3.59. The molecule has 0 spiro atoms. The van der Waals surface area contributed by atoms with Gasteiger partial charge in [-0.3, -0.25) is 9.69 Å². The van der Waals surface area contributed by atoms with Crippen molar-refractivity contribution in [3.05, 3.63) is 29.8 Å². The van der Waals surface area contributed by atoms with Crippen LogP contribution in [-0.2, 0) is 11.3 Å². The van der Waals surface area contributed by atoms with E-state index in [1.807, 2.05) is 30.0 Å². The third kappa shape index (κ3) is 7.24. The number of carbonyl (C=O) groups is 2. The summed E-state index contributed by atoms with van der Waals surface area (Å²) in [5, 5.41) is 10.2. The van der Waals surface area contributed by atoms with E-state index < -0.39 is 0 Å². The molecule has 2 amide bonds. The van der Waals surface area contributed by atoms with Gasteiger partial charge in [-0.25, -0.2) is 4.79 Å². The predicted octanol–water partition coefficient (Wildman–Crippen LogP) is 3.33. The van der Waals surface area contributed by atoms with E-state index in [1.54, 1.807) is 0 Å². The summed E-state index contributed by atoms with van der Waals surface area (Å²) < 4.78 is 5.59. The Morgan fingerprint density at radius 1 is 1.34 bits per heavy atom. The van der Waals surface area contributed by atoms with Crippen molar-refractivity contribution in [1.29, 1.82) is 0 Å². The summed E-state index contributed by atoms with van der Waals surface area (Å²) in [4.78, 5) is 25.7. The second-order valence-corrected chi connectivity index (χ2v) is 8.60. The van der Waals surface area contributed by atoms with Gasteiger partial charge in [0.05, 0.1) is 6.61 Å². The Morgan fingerprint density at radius 2 is 2.03 bits per heavy atom. The fourth-order valence-corrected chi connectivity index (χ4v) is 3.59. The molecule has 1 saturated heterocycles. The Labute approximate surface area is 174 Å². The van der Waals surface area contributed by atoms with Gasteiger partial charge in [0.2, 0.25) is 0 Å². The van der Waals surface area contributed by atoms with Crippen LogP contribution in [0, 0.1) is 0 Å². The van der Waals surface area contributed by atoms with Crippen molar-refractivity contribution in [2.75, 3.05) is 19.7 Å². The second-order valence-electron chi connectivity index (χ2n) is 8.60. The maximum Gasteiger partial charge on any atom is 0.318 e.